The summed E-state index contributed by atoms with van der Waals surface area (Å²) in [5, 5.41) is 0. The second kappa shape index (κ2) is 7.53. The molecule has 0 unspecified atom stereocenters. The van der Waals surface area contributed by atoms with Crippen LogP contribution in [0.15, 0.2) is 0 Å². The first-order chi connectivity index (χ1) is 9.24. The van der Waals surface area contributed by atoms with Crippen molar-refractivity contribution < 1.29 is 9.53 Å². The van der Waals surface area contributed by atoms with E-state index < -0.39 is 0 Å². The van der Waals surface area contributed by atoms with Crippen LogP contribution in [0.4, 0.5) is 0 Å². The Morgan fingerprint density at radius 1 is 1.26 bits per heavy atom. The molecule has 0 aromatic carbocycles. The van der Waals surface area contributed by atoms with E-state index in [0.717, 1.165) is 19.4 Å². The minimum Gasteiger partial charge on any atom is -0.469 e. The van der Waals surface area contributed by atoms with Gasteiger partial charge >= 0.3 is 5.97 Å². The summed E-state index contributed by atoms with van der Waals surface area (Å²) in [6.45, 7) is 3.65. The third-order valence-electron chi connectivity index (χ3n) is 4.43. The van der Waals surface area contributed by atoms with Crippen LogP contribution in [-0.2, 0) is 9.53 Å². The molecule has 1 saturated heterocycles. The number of esters is 1. The first kappa shape index (κ1) is 15.2. The average molecular weight is 285 g/mol. The van der Waals surface area contributed by atoms with Gasteiger partial charge in [-0.1, -0.05) is 19.3 Å². The number of unbranched alkanes of at least 4 members (excludes halogenated alkanes) is 1. The van der Waals surface area contributed by atoms with Crippen LogP contribution in [0.3, 0.4) is 0 Å². The van der Waals surface area contributed by atoms with Crippen molar-refractivity contribution in [2.24, 2.45) is 0 Å². The van der Waals surface area contributed by atoms with Crippen LogP contribution in [0, 0.1) is 0 Å². The van der Waals surface area contributed by atoms with Gasteiger partial charge < -0.3 is 9.64 Å². The molecule has 1 aliphatic heterocycles. The lowest BCUT2D eigenvalue weighted by atomic mass is 9.87. The first-order valence-electron chi connectivity index (χ1n) is 7.67. The van der Waals surface area contributed by atoms with Gasteiger partial charge in [0.25, 0.3) is 0 Å². The molecule has 0 aromatic rings. The summed E-state index contributed by atoms with van der Waals surface area (Å²) in [6, 6.07) is 0. The molecule has 1 spiro atoms. The van der Waals surface area contributed by atoms with Gasteiger partial charge in [0.2, 0.25) is 0 Å². The number of ether oxygens (including phenoxy) is 1. The molecule has 2 fully saturated rings. The maximum absolute atomic E-state index is 11.1. The first-order valence-corrected chi connectivity index (χ1v) is 8.66. The molecule has 0 amide bonds. The maximum atomic E-state index is 11.1. The van der Waals surface area contributed by atoms with Gasteiger partial charge in [0, 0.05) is 30.0 Å². The highest BCUT2D eigenvalue weighted by atomic mass is 32.2. The normalized spacial score (nSPS) is 23.4. The molecule has 2 rings (SSSR count). The zero-order chi connectivity index (χ0) is 13.6. The lowest BCUT2D eigenvalue weighted by molar-refractivity contribution is -0.140. The van der Waals surface area contributed by atoms with E-state index in [1.54, 1.807) is 0 Å². The predicted molar refractivity (Wildman–Crippen MR) is 80.6 cm³/mol. The van der Waals surface area contributed by atoms with Crippen LogP contribution in [0.25, 0.3) is 0 Å². The second-order valence-electron chi connectivity index (χ2n) is 5.90. The molecule has 1 heterocycles. The number of rotatable bonds is 5. The van der Waals surface area contributed by atoms with Crippen LogP contribution in [-0.4, -0.2) is 48.1 Å². The van der Waals surface area contributed by atoms with E-state index in [2.05, 4.69) is 21.4 Å². The molecule has 2 aliphatic rings. The van der Waals surface area contributed by atoms with Crippen molar-refractivity contribution in [2.45, 2.75) is 56.1 Å². The van der Waals surface area contributed by atoms with Gasteiger partial charge in [-0.05, 0) is 32.2 Å². The van der Waals surface area contributed by atoms with Crippen molar-refractivity contribution >= 4 is 17.7 Å². The van der Waals surface area contributed by atoms with Gasteiger partial charge in [0.05, 0.1) is 7.11 Å². The van der Waals surface area contributed by atoms with Crippen LogP contribution in [0.5, 0.6) is 0 Å². The van der Waals surface area contributed by atoms with E-state index in [9.17, 15) is 4.79 Å². The predicted octanol–water partition coefficient (Wildman–Crippen LogP) is 3.08. The van der Waals surface area contributed by atoms with Crippen LogP contribution in [0.2, 0.25) is 0 Å². The molecular formula is C15H27NO2S. The number of carbonyl (C=O) groups is 1. The molecule has 4 heteroatoms. The third kappa shape index (κ3) is 4.67. The van der Waals surface area contributed by atoms with E-state index in [4.69, 9.17) is 0 Å². The fourth-order valence-electron chi connectivity index (χ4n) is 3.32. The fourth-order valence-corrected chi connectivity index (χ4v) is 4.95. The van der Waals surface area contributed by atoms with E-state index in [1.807, 2.05) is 0 Å². The highest BCUT2D eigenvalue weighted by Crippen LogP contribution is 2.42. The summed E-state index contributed by atoms with van der Waals surface area (Å²) < 4.78 is 5.24. The van der Waals surface area contributed by atoms with Crippen molar-refractivity contribution in [1.82, 2.24) is 4.90 Å². The molecule has 0 N–H and O–H groups in total. The summed E-state index contributed by atoms with van der Waals surface area (Å²) in [4.78, 5) is 13.7. The van der Waals surface area contributed by atoms with E-state index in [0.29, 0.717) is 11.2 Å². The van der Waals surface area contributed by atoms with Crippen molar-refractivity contribution in [3.8, 4) is 0 Å². The SMILES string of the molecule is COC(=O)CCCCN1CCSC2(CCCCC2)C1. The minimum absolute atomic E-state index is 0.0713. The van der Waals surface area contributed by atoms with Gasteiger partial charge in [-0.25, -0.2) is 0 Å². The Balaban J connectivity index is 1.68. The van der Waals surface area contributed by atoms with Gasteiger partial charge in [-0.15, -0.1) is 0 Å². The van der Waals surface area contributed by atoms with E-state index in [-0.39, 0.29) is 5.97 Å². The Morgan fingerprint density at radius 3 is 2.79 bits per heavy atom. The maximum Gasteiger partial charge on any atom is 0.305 e. The lowest BCUT2D eigenvalue weighted by Gasteiger charge is -2.44. The number of nitrogens with zero attached hydrogens (tertiary/aromatic N) is 1. The molecule has 19 heavy (non-hydrogen) atoms. The van der Waals surface area contributed by atoms with E-state index in [1.165, 1.54) is 58.1 Å². The topological polar surface area (TPSA) is 29.5 Å². The van der Waals surface area contributed by atoms with Crippen LogP contribution in [0.1, 0.15) is 51.4 Å². The Morgan fingerprint density at radius 2 is 2.05 bits per heavy atom. The molecular weight excluding hydrogens is 258 g/mol. The molecule has 1 saturated carbocycles. The molecule has 0 aromatic heterocycles. The number of hydrogen-bond donors (Lipinski definition) is 0. The molecule has 0 bridgehead atoms. The summed E-state index contributed by atoms with van der Waals surface area (Å²) in [7, 11) is 1.47. The zero-order valence-electron chi connectivity index (χ0n) is 12.2. The standard InChI is InChI=1S/C15H27NO2S/c1-18-14(17)7-3-6-10-16-11-12-19-15(13-16)8-4-2-5-9-15/h2-13H2,1H3. The third-order valence-corrected chi connectivity index (χ3v) is 5.96. The van der Waals surface area contributed by atoms with Gasteiger partial charge in [-0.2, -0.15) is 11.8 Å². The zero-order valence-corrected chi connectivity index (χ0v) is 13.0. The monoisotopic (exact) mass is 285 g/mol. The molecule has 0 atom stereocenters. The van der Waals surface area contributed by atoms with Gasteiger partial charge in [-0.3, -0.25) is 4.79 Å². The lowest BCUT2D eigenvalue weighted by Crippen LogP contribution is -2.47. The summed E-state index contributed by atoms with van der Waals surface area (Å²) >= 11 is 2.22. The molecule has 110 valence electrons. The highest BCUT2D eigenvalue weighted by Gasteiger charge is 2.36. The van der Waals surface area contributed by atoms with Crippen molar-refractivity contribution in [1.29, 1.82) is 0 Å². The van der Waals surface area contributed by atoms with Crippen molar-refractivity contribution in [3.05, 3.63) is 0 Å². The smallest absolute Gasteiger partial charge is 0.305 e. The Kier molecular flexibility index (Phi) is 6.02. The van der Waals surface area contributed by atoms with Crippen LogP contribution < -0.4 is 0 Å². The summed E-state index contributed by atoms with van der Waals surface area (Å²) in [5.74, 6) is 1.22. The highest BCUT2D eigenvalue weighted by molar-refractivity contribution is 8.00. The van der Waals surface area contributed by atoms with E-state index >= 15 is 0 Å². The molecule has 0 radical (unpaired) electrons. The van der Waals surface area contributed by atoms with Gasteiger partial charge in [0.1, 0.15) is 0 Å². The second-order valence-corrected chi connectivity index (χ2v) is 7.46. The van der Waals surface area contributed by atoms with Gasteiger partial charge in [0.15, 0.2) is 0 Å². The van der Waals surface area contributed by atoms with Crippen LogP contribution >= 0.6 is 11.8 Å². The van der Waals surface area contributed by atoms with Crippen molar-refractivity contribution in [2.75, 3.05) is 32.5 Å². The van der Waals surface area contributed by atoms with Crippen molar-refractivity contribution in [3.63, 3.8) is 0 Å². The Bertz CT molecular complexity index is 284. The fraction of sp³-hybridized carbons (Fsp3) is 0.933. The summed E-state index contributed by atoms with van der Waals surface area (Å²) in [5.41, 5.74) is 0. The number of carbonyl (C=O) groups excluding carboxylic acids is 1. The Labute approximate surface area is 121 Å². The number of methoxy groups -OCH3 is 1. The Hall–Kier alpha value is -0.220. The minimum atomic E-state index is -0.0713. The largest absolute Gasteiger partial charge is 0.469 e. The average Bonchev–Trinajstić information content (AvgIpc) is 2.44. The molecule has 1 aliphatic carbocycles. The molecule has 3 nitrogen and oxygen atoms in total. The number of hydrogen-bond acceptors (Lipinski definition) is 4. The quantitative estimate of drug-likeness (QED) is 0.573. The summed E-state index contributed by atoms with van der Waals surface area (Å²) in [6.07, 6.45) is 9.75. The number of thioether (sulfide) groups is 1.